The number of carbonyl (C=O) groups excluding carboxylic acids is 2. The first-order valence-electron chi connectivity index (χ1n) is 10.5. The normalized spacial score (nSPS) is 12.2. The van der Waals surface area contributed by atoms with Gasteiger partial charge in [0.25, 0.3) is 0 Å². The molecule has 2 aromatic rings. The van der Waals surface area contributed by atoms with Crippen LogP contribution in [0, 0.1) is 12.7 Å². The fraction of sp³-hybridized carbons (Fsp3) is 0.391. The topological polar surface area (TPSA) is 86.8 Å². The average Bonchev–Trinajstić information content (AvgIpc) is 2.75. The maximum absolute atomic E-state index is 14.3. The van der Waals surface area contributed by atoms with Crippen molar-refractivity contribution in [3.8, 4) is 0 Å². The summed E-state index contributed by atoms with van der Waals surface area (Å²) in [5, 5.41) is 3.07. The maximum Gasteiger partial charge on any atom is 0.244 e. The van der Waals surface area contributed by atoms with E-state index in [1.54, 1.807) is 25.1 Å². The predicted octanol–water partition coefficient (Wildman–Crippen LogP) is 3.50. The third-order valence-electron chi connectivity index (χ3n) is 5.14. The number of amides is 2. The third-order valence-corrected chi connectivity index (χ3v) is 6.69. The summed E-state index contributed by atoms with van der Waals surface area (Å²) in [4.78, 5) is 27.1. The lowest BCUT2D eigenvalue weighted by Crippen LogP contribution is -2.51. The molecule has 2 amide bonds. The number of hydrogen-bond acceptors (Lipinski definition) is 4. The van der Waals surface area contributed by atoms with Crippen LogP contribution in [0.4, 0.5) is 10.1 Å². The van der Waals surface area contributed by atoms with Gasteiger partial charge >= 0.3 is 0 Å². The van der Waals surface area contributed by atoms with E-state index in [2.05, 4.69) is 5.32 Å². The van der Waals surface area contributed by atoms with E-state index in [0.717, 1.165) is 16.1 Å². The molecule has 7 nitrogen and oxygen atoms in total. The summed E-state index contributed by atoms with van der Waals surface area (Å²) in [7, 11) is -3.86. The molecule has 0 spiro atoms. The zero-order chi connectivity index (χ0) is 24.8. The minimum absolute atomic E-state index is 0.196. The number of rotatable bonds is 10. The number of anilines is 1. The van der Waals surface area contributed by atoms with Crippen molar-refractivity contribution < 1.29 is 22.4 Å². The molecule has 0 fully saturated rings. The molecule has 0 aliphatic heterocycles. The summed E-state index contributed by atoms with van der Waals surface area (Å²) >= 11 is 6.16. The van der Waals surface area contributed by atoms with Gasteiger partial charge in [-0.2, -0.15) is 0 Å². The number of nitrogens with zero attached hydrogens (tertiary/aromatic N) is 2. The Balaban J connectivity index is 2.40. The lowest BCUT2D eigenvalue weighted by atomic mass is 10.1. The van der Waals surface area contributed by atoms with Crippen LogP contribution in [0.2, 0.25) is 5.02 Å². The van der Waals surface area contributed by atoms with Gasteiger partial charge in [-0.1, -0.05) is 42.8 Å². The Morgan fingerprint density at radius 2 is 1.85 bits per heavy atom. The van der Waals surface area contributed by atoms with E-state index in [1.165, 1.54) is 36.1 Å². The molecule has 0 saturated carbocycles. The van der Waals surface area contributed by atoms with Crippen molar-refractivity contribution in [2.75, 3.05) is 23.7 Å². The molecular formula is C23H29ClFN3O4S. The first kappa shape index (κ1) is 26.6. The first-order chi connectivity index (χ1) is 15.5. The second kappa shape index (κ2) is 11.5. The smallest absolute Gasteiger partial charge is 0.244 e. The summed E-state index contributed by atoms with van der Waals surface area (Å²) in [6.45, 7) is 4.84. The SMILES string of the molecule is CCCNC(=O)[C@@H](C)N(Cc1ccccc1F)C(=O)CN(c1ccc(C)c(Cl)c1)S(C)(=O)=O. The molecule has 2 rings (SSSR count). The van der Waals surface area contributed by atoms with Crippen molar-refractivity contribution in [1.82, 2.24) is 10.2 Å². The minimum atomic E-state index is -3.86. The Morgan fingerprint density at radius 1 is 1.18 bits per heavy atom. The van der Waals surface area contributed by atoms with Gasteiger partial charge in [0, 0.05) is 23.7 Å². The van der Waals surface area contributed by atoms with E-state index < -0.39 is 40.2 Å². The molecule has 0 aromatic heterocycles. The van der Waals surface area contributed by atoms with Crippen LogP contribution < -0.4 is 9.62 Å². The second-order valence-corrected chi connectivity index (χ2v) is 10.1. The largest absolute Gasteiger partial charge is 0.354 e. The highest BCUT2D eigenvalue weighted by molar-refractivity contribution is 7.92. The van der Waals surface area contributed by atoms with Crippen LogP contribution in [-0.2, 0) is 26.2 Å². The Morgan fingerprint density at radius 3 is 2.42 bits per heavy atom. The van der Waals surface area contributed by atoms with Crippen LogP contribution in [0.5, 0.6) is 0 Å². The van der Waals surface area contributed by atoms with E-state index in [1.807, 2.05) is 6.92 Å². The maximum atomic E-state index is 14.3. The molecule has 0 heterocycles. The third kappa shape index (κ3) is 7.17. The predicted molar refractivity (Wildman–Crippen MR) is 128 cm³/mol. The van der Waals surface area contributed by atoms with Gasteiger partial charge in [0.2, 0.25) is 21.8 Å². The van der Waals surface area contributed by atoms with Crippen molar-refractivity contribution in [2.45, 2.75) is 39.8 Å². The minimum Gasteiger partial charge on any atom is -0.354 e. The van der Waals surface area contributed by atoms with E-state index in [9.17, 15) is 22.4 Å². The van der Waals surface area contributed by atoms with Crippen LogP contribution in [0.15, 0.2) is 42.5 Å². The first-order valence-corrected chi connectivity index (χ1v) is 12.7. The van der Waals surface area contributed by atoms with Crippen LogP contribution in [-0.4, -0.2) is 50.5 Å². The van der Waals surface area contributed by atoms with Gasteiger partial charge in [-0.05, 0) is 44.0 Å². The van der Waals surface area contributed by atoms with Gasteiger partial charge in [0.15, 0.2) is 0 Å². The number of carbonyl (C=O) groups is 2. The lowest BCUT2D eigenvalue weighted by Gasteiger charge is -2.31. The van der Waals surface area contributed by atoms with E-state index in [0.29, 0.717) is 18.0 Å². The second-order valence-electron chi connectivity index (χ2n) is 7.78. The number of hydrogen-bond donors (Lipinski definition) is 1. The molecule has 0 bridgehead atoms. The molecule has 33 heavy (non-hydrogen) atoms. The summed E-state index contributed by atoms with van der Waals surface area (Å²) in [5.74, 6) is -1.59. The molecule has 1 atom stereocenters. The van der Waals surface area contributed by atoms with Crippen LogP contribution in [0.25, 0.3) is 0 Å². The van der Waals surface area contributed by atoms with Gasteiger partial charge in [0.05, 0.1) is 11.9 Å². The quantitative estimate of drug-likeness (QED) is 0.544. The van der Waals surface area contributed by atoms with Crippen LogP contribution in [0.3, 0.4) is 0 Å². The molecular weight excluding hydrogens is 469 g/mol. The van der Waals surface area contributed by atoms with Crippen molar-refractivity contribution in [3.63, 3.8) is 0 Å². The van der Waals surface area contributed by atoms with E-state index in [4.69, 9.17) is 11.6 Å². The van der Waals surface area contributed by atoms with E-state index in [-0.39, 0.29) is 17.8 Å². The number of benzene rings is 2. The summed E-state index contributed by atoms with van der Waals surface area (Å²) in [5.41, 5.74) is 1.18. The summed E-state index contributed by atoms with van der Waals surface area (Å²) in [6, 6.07) is 9.63. The van der Waals surface area contributed by atoms with Crippen molar-refractivity contribution in [1.29, 1.82) is 0 Å². The van der Waals surface area contributed by atoms with Gasteiger partial charge < -0.3 is 10.2 Å². The molecule has 180 valence electrons. The standard InChI is InChI=1S/C23H29ClFN3O4S/c1-5-12-26-23(30)17(3)27(14-18-8-6-7-9-21(18)25)22(29)15-28(33(4,31)32)19-11-10-16(2)20(24)13-19/h6-11,13,17H,5,12,14-15H2,1-4H3,(H,26,30)/t17-/m1/s1. The van der Waals surface area contributed by atoms with Crippen LogP contribution >= 0.6 is 11.6 Å². The highest BCUT2D eigenvalue weighted by Crippen LogP contribution is 2.25. The van der Waals surface area contributed by atoms with Gasteiger partial charge in [-0.25, -0.2) is 12.8 Å². The van der Waals surface area contributed by atoms with Gasteiger partial charge in [0.1, 0.15) is 18.4 Å². The highest BCUT2D eigenvalue weighted by Gasteiger charge is 2.30. The van der Waals surface area contributed by atoms with Crippen molar-refractivity contribution >= 4 is 39.1 Å². The Kier molecular flexibility index (Phi) is 9.25. The monoisotopic (exact) mass is 497 g/mol. The average molecular weight is 498 g/mol. The summed E-state index contributed by atoms with van der Waals surface area (Å²) in [6.07, 6.45) is 1.68. The molecule has 2 aromatic carbocycles. The number of sulfonamides is 1. The Labute approximate surface area is 199 Å². The fourth-order valence-corrected chi connectivity index (χ4v) is 4.16. The van der Waals surface area contributed by atoms with Crippen LogP contribution in [0.1, 0.15) is 31.4 Å². The van der Waals surface area contributed by atoms with Crippen molar-refractivity contribution in [2.24, 2.45) is 0 Å². The molecule has 1 N–H and O–H groups in total. The highest BCUT2D eigenvalue weighted by atomic mass is 35.5. The number of nitrogens with one attached hydrogen (secondary N) is 1. The molecule has 0 radical (unpaired) electrons. The van der Waals surface area contributed by atoms with Crippen molar-refractivity contribution in [3.05, 3.63) is 64.4 Å². The zero-order valence-electron chi connectivity index (χ0n) is 19.1. The molecule has 0 unspecified atom stereocenters. The Bertz CT molecular complexity index is 1110. The summed E-state index contributed by atoms with van der Waals surface area (Å²) < 4.78 is 40.3. The zero-order valence-corrected chi connectivity index (χ0v) is 20.7. The van der Waals surface area contributed by atoms with E-state index >= 15 is 0 Å². The molecule has 0 aliphatic carbocycles. The molecule has 10 heteroatoms. The molecule has 0 saturated heterocycles. The van der Waals surface area contributed by atoms with Gasteiger partial charge in [-0.15, -0.1) is 0 Å². The lowest BCUT2D eigenvalue weighted by molar-refractivity contribution is -0.139. The molecule has 0 aliphatic rings. The number of aryl methyl sites for hydroxylation is 1. The Hall–Kier alpha value is -2.65. The van der Waals surface area contributed by atoms with Gasteiger partial charge in [-0.3, -0.25) is 13.9 Å². The number of halogens is 2. The fourth-order valence-electron chi connectivity index (χ4n) is 3.14.